The highest BCUT2D eigenvalue weighted by Crippen LogP contribution is 2.30. The third-order valence-electron chi connectivity index (χ3n) is 4.52. The fraction of sp³-hybridized carbons (Fsp3) is 0.333. The molecule has 0 saturated carbocycles. The molecule has 136 valence electrons. The van der Waals surface area contributed by atoms with E-state index in [9.17, 15) is 14.4 Å². The molecule has 1 aromatic heterocycles. The highest BCUT2D eigenvalue weighted by molar-refractivity contribution is 7.14. The Labute approximate surface area is 155 Å². The molecule has 1 aliphatic rings. The lowest BCUT2D eigenvalue weighted by atomic mass is 9.91. The fourth-order valence-electron chi connectivity index (χ4n) is 2.74. The first-order chi connectivity index (χ1) is 12.2. The minimum absolute atomic E-state index is 0.0639. The number of rotatable bonds is 4. The van der Waals surface area contributed by atoms with Gasteiger partial charge >= 0.3 is 6.03 Å². The Hall–Kier alpha value is -2.74. The van der Waals surface area contributed by atoms with Crippen molar-refractivity contribution in [3.63, 3.8) is 0 Å². The normalized spacial score (nSPS) is 19.6. The number of nitrogens with one attached hydrogen (secondary N) is 1. The molecule has 2 heterocycles. The molecule has 0 radical (unpaired) electrons. The van der Waals surface area contributed by atoms with Crippen LogP contribution in [0.4, 0.5) is 9.93 Å². The average molecular weight is 372 g/mol. The smallest absolute Gasteiger partial charge is 0.319 e. The zero-order valence-corrected chi connectivity index (χ0v) is 15.9. The number of nitrogens with zero attached hydrogens (tertiary/aromatic N) is 3. The van der Waals surface area contributed by atoms with E-state index in [1.807, 2.05) is 31.2 Å². The molecule has 1 N–H and O–H groups in total. The maximum atomic E-state index is 12.9. The molecule has 1 fully saturated rings. The quantitative estimate of drug-likeness (QED) is 0.836. The summed E-state index contributed by atoms with van der Waals surface area (Å²) in [5.74, 6) is -0.450. The van der Waals surface area contributed by atoms with Crippen LogP contribution in [0.15, 0.2) is 29.6 Å². The second-order valence-corrected chi connectivity index (χ2v) is 7.35. The summed E-state index contributed by atoms with van der Waals surface area (Å²) in [6.07, 6.45) is 0. The molecule has 0 bridgehead atoms. The van der Waals surface area contributed by atoms with Crippen LogP contribution < -0.4 is 10.2 Å². The van der Waals surface area contributed by atoms with Crippen LogP contribution in [0.3, 0.4) is 0 Å². The Balaban J connectivity index is 1.81. The van der Waals surface area contributed by atoms with Gasteiger partial charge in [-0.15, -0.1) is 11.3 Å². The lowest BCUT2D eigenvalue weighted by Gasteiger charge is -2.22. The molecule has 0 aliphatic carbocycles. The summed E-state index contributed by atoms with van der Waals surface area (Å²) in [6, 6.07) is 7.06. The molecule has 2 aromatic rings. The van der Waals surface area contributed by atoms with Gasteiger partial charge in [-0.1, -0.05) is 29.8 Å². The first-order valence-corrected chi connectivity index (χ1v) is 9.00. The van der Waals surface area contributed by atoms with E-state index in [-0.39, 0.29) is 18.4 Å². The van der Waals surface area contributed by atoms with Crippen molar-refractivity contribution in [2.75, 3.05) is 11.9 Å². The molecule has 4 amide bonds. The van der Waals surface area contributed by atoms with Crippen molar-refractivity contribution in [3.8, 4) is 0 Å². The third-order valence-corrected chi connectivity index (χ3v) is 5.49. The van der Waals surface area contributed by atoms with Gasteiger partial charge in [0.1, 0.15) is 5.54 Å². The van der Waals surface area contributed by atoms with Crippen LogP contribution in [0.25, 0.3) is 0 Å². The first kappa shape index (κ1) is 18.1. The van der Waals surface area contributed by atoms with Gasteiger partial charge in [0.05, 0.1) is 12.2 Å². The summed E-state index contributed by atoms with van der Waals surface area (Å²) in [7, 11) is 1.63. The number of amides is 4. The number of anilines is 1. The number of carbonyl (C=O) groups is 3. The largest absolute Gasteiger partial charge is 0.325 e. The number of urea groups is 1. The van der Waals surface area contributed by atoms with Gasteiger partial charge < -0.3 is 5.32 Å². The number of imide groups is 1. The van der Waals surface area contributed by atoms with E-state index in [4.69, 9.17) is 0 Å². The van der Waals surface area contributed by atoms with E-state index in [0.717, 1.165) is 16.0 Å². The van der Waals surface area contributed by atoms with Gasteiger partial charge in [-0.25, -0.2) is 9.78 Å². The van der Waals surface area contributed by atoms with E-state index in [2.05, 4.69) is 10.3 Å². The van der Waals surface area contributed by atoms with Crippen molar-refractivity contribution in [3.05, 3.63) is 46.5 Å². The molecule has 8 heteroatoms. The second kappa shape index (κ2) is 6.53. The minimum Gasteiger partial charge on any atom is -0.319 e. The van der Waals surface area contributed by atoms with E-state index in [1.165, 1.54) is 23.2 Å². The maximum Gasteiger partial charge on any atom is 0.325 e. The van der Waals surface area contributed by atoms with Crippen molar-refractivity contribution in [1.82, 2.24) is 15.2 Å². The zero-order chi connectivity index (χ0) is 19.1. The first-order valence-electron chi connectivity index (χ1n) is 8.12. The molecule has 3 rings (SSSR count). The summed E-state index contributed by atoms with van der Waals surface area (Å²) in [5.41, 5.74) is 1.28. The molecular weight excluding hydrogens is 352 g/mol. The highest BCUT2D eigenvalue weighted by Gasteiger charge is 2.49. The van der Waals surface area contributed by atoms with Crippen LogP contribution in [-0.2, 0) is 21.7 Å². The van der Waals surface area contributed by atoms with Gasteiger partial charge in [-0.05, 0) is 19.4 Å². The molecule has 1 aliphatic heterocycles. The lowest BCUT2D eigenvalue weighted by Crippen LogP contribution is -2.40. The SMILES string of the molecule is CC(=O)N(C)c1nc(CN2C(=O)NC(C)(c3ccc(C)cc3)C2=O)cs1. The van der Waals surface area contributed by atoms with E-state index >= 15 is 0 Å². The third kappa shape index (κ3) is 3.08. The number of carbonyl (C=O) groups excluding carboxylic acids is 3. The summed E-state index contributed by atoms with van der Waals surface area (Å²) in [4.78, 5) is 43.7. The van der Waals surface area contributed by atoms with Gasteiger partial charge in [0.25, 0.3) is 5.91 Å². The molecule has 26 heavy (non-hydrogen) atoms. The van der Waals surface area contributed by atoms with Crippen molar-refractivity contribution in [2.24, 2.45) is 0 Å². The van der Waals surface area contributed by atoms with Crippen LogP contribution in [0.2, 0.25) is 0 Å². The number of benzene rings is 1. The number of hydrogen-bond acceptors (Lipinski definition) is 5. The van der Waals surface area contributed by atoms with Crippen LogP contribution in [0.1, 0.15) is 30.7 Å². The van der Waals surface area contributed by atoms with Crippen molar-refractivity contribution in [2.45, 2.75) is 32.9 Å². The summed E-state index contributed by atoms with van der Waals surface area (Å²) < 4.78 is 0. The Kier molecular flexibility index (Phi) is 4.53. The van der Waals surface area contributed by atoms with Gasteiger partial charge in [-0.2, -0.15) is 0 Å². The lowest BCUT2D eigenvalue weighted by molar-refractivity contribution is -0.131. The molecule has 1 saturated heterocycles. The number of thiazole rings is 1. The molecule has 1 atom stereocenters. The van der Waals surface area contributed by atoms with E-state index < -0.39 is 11.6 Å². The average Bonchev–Trinajstić information content (AvgIpc) is 3.14. The number of aryl methyl sites for hydroxylation is 1. The summed E-state index contributed by atoms with van der Waals surface area (Å²) in [5, 5.41) is 5.06. The predicted octanol–water partition coefficient (Wildman–Crippen LogP) is 2.40. The molecular formula is C18H20N4O3S. The van der Waals surface area contributed by atoms with Gasteiger partial charge in [-0.3, -0.25) is 19.4 Å². The van der Waals surface area contributed by atoms with Gasteiger partial charge in [0, 0.05) is 19.4 Å². The van der Waals surface area contributed by atoms with Gasteiger partial charge in [0.2, 0.25) is 5.91 Å². The predicted molar refractivity (Wildman–Crippen MR) is 98.8 cm³/mol. The van der Waals surface area contributed by atoms with Crippen LogP contribution >= 0.6 is 11.3 Å². The molecule has 1 unspecified atom stereocenters. The Morgan fingerprint density at radius 1 is 1.31 bits per heavy atom. The summed E-state index contributed by atoms with van der Waals surface area (Å²) >= 11 is 1.29. The standard InChI is InChI=1S/C18H20N4O3S/c1-11-5-7-13(8-6-11)18(3)15(24)22(16(25)20-18)9-14-10-26-17(19-14)21(4)12(2)23/h5-8,10H,9H2,1-4H3,(H,20,25). The van der Waals surface area contributed by atoms with Crippen LogP contribution in [0.5, 0.6) is 0 Å². The highest BCUT2D eigenvalue weighted by atomic mass is 32.1. The van der Waals surface area contributed by atoms with E-state index in [1.54, 1.807) is 19.4 Å². The second-order valence-electron chi connectivity index (χ2n) is 6.51. The van der Waals surface area contributed by atoms with Crippen LogP contribution in [-0.4, -0.2) is 34.8 Å². The number of hydrogen-bond donors (Lipinski definition) is 1. The number of aromatic nitrogens is 1. The topological polar surface area (TPSA) is 82.6 Å². The Morgan fingerprint density at radius 3 is 2.58 bits per heavy atom. The maximum absolute atomic E-state index is 12.9. The van der Waals surface area contributed by atoms with Crippen molar-refractivity contribution >= 4 is 34.3 Å². The van der Waals surface area contributed by atoms with Crippen molar-refractivity contribution < 1.29 is 14.4 Å². The Bertz CT molecular complexity index is 877. The fourth-order valence-corrected chi connectivity index (χ4v) is 3.57. The Morgan fingerprint density at radius 2 is 1.96 bits per heavy atom. The monoisotopic (exact) mass is 372 g/mol. The molecule has 7 nitrogen and oxygen atoms in total. The van der Waals surface area contributed by atoms with Crippen LogP contribution in [0, 0.1) is 6.92 Å². The molecule has 1 aromatic carbocycles. The zero-order valence-electron chi connectivity index (χ0n) is 15.1. The summed E-state index contributed by atoms with van der Waals surface area (Å²) in [6.45, 7) is 5.18. The minimum atomic E-state index is -1.10. The van der Waals surface area contributed by atoms with Crippen molar-refractivity contribution in [1.29, 1.82) is 0 Å². The van der Waals surface area contributed by atoms with Gasteiger partial charge in [0.15, 0.2) is 5.13 Å². The molecule has 0 spiro atoms. The van der Waals surface area contributed by atoms with E-state index in [0.29, 0.717) is 10.8 Å².